The van der Waals surface area contributed by atoms with E-state index in [-0.39, 0.29) is 12.5 Å². The molecule has 1 aliphatic rings. The first-order valence-electron chi connectivity index (χ1n) is 6.73. The summed E-state index contributed by atoms with van der Waals surface area (Å²) in [4.78, 5) is 18.4. The topological polar surface area (TPSA) is 53.4 Å². The van der Waals surface area contributed by atoms with Crippen molar-refractivity contribution in [1.29, 1.82) is 0 Å². The van der Waals surface area contributed by atoms with Crippen molar-refractivity contribution in [1.82, 2.24) is 9.88 Å². The van der Waals surface area contributed by atoms with Gasteiger partial charge < -0.3 is 10.0 Å². The Morgan fingerprint density at radius 1 is 1.40 bits per heavy atom. The van der Waals surface area contributed by atoms with E-state index in [0.717, 1.165) is 31.0 Å². The maximum absolute atomic E-state index is 12.4. The second-order valence-corrected chi connectivity index (χ2v) is 5.72. The molecule has 1 aliphatic heterocycles. The first kappa shape index (κ1) is 14.9. The molecule has 0 unspecified atom stereocenters. The summed E-state index contributed by atoms with van der Waals surface area (Å²) in [5, 5.41) is 8.70. The lowest BCUT2D eigenvalue weighted by atomic mass is 10.2. The van der Waals surface area contributed by atoms with E-state index in [1.807, 2.05) is 16.7 Å². The van der Waals surface area contributed by atoms with Gasteiger partial charge in [0, 0.05) is 43.2 Å². The number of hydrogen-bond donors (Lipinski definition) is 1. The summed E-state index contributed by atoms with van der Waals surface area (Å²) in [6, 6.07) is 1.78. The molecule has 0 radical (unpaired) electrons. The third kappa shape index (κ3) is 4.26. The highest BCUT2D eigenvalue weighted by Gasteiger charge is 2.17. The molecule has 2 heterocycles. The number of hydrogen-bond acceptors (Lipinski definition) is 4. The van der Waals surface area contributed by atoms with Crippen LogP contribution in [0.15, 0.2) is 18.5 Å². The van der Waals surface area contributed by atoms with Gasteiger partial charge >= 0.3 is 0 Å². The summed E-state index contributed by atoms with van der Waals surface area (Å²) in [6.45, 7) is 1.65. The summed E-state index contributed by atoms with van der Waals surface area (Å²) < 4.78 is 0. The normalized spacial score (nSPS) is 15.2. The Balaban J connectivity index is 2.09. The lowest BCUT2D eigenvalue weighted by molar-refractivity contribution is 0.0768. The molecule has 0 atom stereocenters. The zero-order chi connectivity index (χ0) is 14.2. The average molecular weight is 290 g/mol. The number of pyridine rings is 1. The van der Waals surface area contributed by atoms with Crippen LogP contribution in [0.3, 0.4) is 0 Å². The fraction of sp³-hybridized carbons (Fsp3) is 0.467. The van der Waals surface area contributed by atoms with Crippen LogP contribution >= 0.6 is 11.8 Å². The second kappa shape index (κ2) is 7.93. The van der Waals surface area contributed by atoms with Gasteiger partial charge in [-0.3, -0.25) is 9.78 Å². The standard InChI is InChI=1S/C15H18N2O2S/c18-7-2-1-4-13-10-14(12-16-11-13)15(19)17-5-3-8-20-9-6-17/h10-12,18H,2-3,5-9H2. The minimum atomic E-state index is 0.0332. The first-order valence-corrected chi connectivity index (χ1v) is 7.88. The third-order valence-corrected chi connectivity index (χ3v) is 4.01. The predicted octanol–water partition coefficient (Wildman–Crippen LogP) is 1.39. The van der Waals surface area contributed by atoms with Crippen molar-refractivity contribution in [2.45, 2.75) is 12.8 Å². The maximum atomic E-state index is 12.4. The minimum Gasteiger partial charge on any atom is -0.395 e. The van der Waals surface area contributed by atoms with Crippen LogP contribution in [-0.4, -0.2) is 52.1 Å². The molecule has 106 valence electrons. The Kier molecular flexibility index (Phi) is 5.90. The summed E-state index contributed by atoms with van der Waals surface area (Å²) in [5.74, 6) is 7.90. The van der Waals surface area contributed by atoms with Crippen molar-refractivity contribution in [2.75, 3.05) is 31.2 Å². The molecule has 0 spiro atoms. The Morgan fingerprint density at radius 3 is 3.15 bits per heavy atom. The quantitative estimate of drug-likeness (QED) is 0.837. The first-order chi connectivity index (χ1) is 9.81. The number of thioether (sulfide) groups is 1. The SMILES string of the molecule is O=C(c1cncc(C#CCCO)c1)N1CCCSCC1. The molecule has 5 heteroatoms. The zero-order valence-corrected chi connectivity index (χ0v) is 12.2. The van der Waals surface area contributed by atoms with Crippen LogP contribution in [0.4, 0.5) is 0 Å². The summed E-state index contributed by atoms with van der Waals surface area (Å²) >= 11 is 1.89. The average Bonchev–Trinajstić information content (AvgIpc) is 2.76. The predicted molar refractivity (Wildman–Crippen MR) is 80.7 cm³/mol. The highest BCUT2D eigenvalue weighted by atomic mass is 32.2. The molecule has 1 aromatic heterocycles. The van der Waals surface area contributed by atoms with Crippen molar-refractivity contribution in [2.24, 2.45) is 0 Å². The Bertz CT molecular complexity index is 514. The number of rotatable bonds is 2. The molecule has 0 saturated carbocycles. The van der Waals surface area contributed by atoms with Crippen LogP contribution in [0.1, 0.15) is 28.8 Å². The van der Waals surface area contributed by atoms with Gasteiger partial charge in [-0.25, -0.2) is 0 Å². The highest BCUT2D eigenvalue weighted by Crippen LogP contribution is 2.13. The van der Waals surface area contributed by atoms with E-state index < -0.39 is 0 Å². The van der Waals surface area contributed by atoms with Gasteiger partial charge in [-0.05, 0) is 18.2 Å². The van der Waals surface area contributed by atoms with E-state index in [2.05, 4.69) is 16.8 Å². The molecular formula is C15H18N2O2S. The highest BCUT2D eigenvalue weighted by molar-refractivity contribution is 7.99. The van der Waals surface area contributed by atoms with Crippen molar-refractivity contribution >= 4 is 17.7 Å². The molecule has 1 amide bonds. The van der Waals surface area contributed by atoms with E-state index in [9.17, 15) is 4.79 Å². The van der Waals surface area contributed by atoms with Crippen molar-refractivity contribution in [3.63, 3.8) is 0 Å². The van der Waals surface area contributed by atoms with Gasteiger partial charge in [0.1, 0.15) is 0 Å². The van der Waals surface area contributed by atoms with Crippen LogP contribution in [0.5, 0.6) is 0 Å². The number of aromatic nitrogens is 1. The monoisotopic (exact) mass is 290 g/mol. The van der Waals surface area contributed by atoms with Crippen molar-refractivity contribution in [3.8, 4) is 11.8 Å². The Labute approximate surface area is 123 Å². The number of carbonyl (C=O) groups excluding carboxylic acids is 1. The smallest absolute Gasteiger partial charge is 0.255 e. The van der Waals surface area contributed by atoms with E-state index in [1.54, 1.807) is 18.5 Å². The van der Waals surface area contributed by atoms with Crippen LogP contribution in [0.25, 0.3) is 0 Å². The Morgan fingerprint density at radius 2 is 2.30 bits per heavy atom. The van der Waals surface area contributed by atoms with Gasteiger partial charge in [0.25, 0.3) is 5.91 Å². The number of aliphatic hydroxyl groups is 1. The summed E-state index contributed by atoms with van der Waals surface area (Å²) in [6.07, 6.45) is 4.71. The minimum absolute atomic E-state index is 0.0332. The van der Waals surface area contributed by atoms with Crippen LogP contribution in [0.2, 0.25) is 0 Å². The van der Waals surface area contributed by atoms with E-state index in [0.29, 0.717) is 17.5 Å². The molecular weight excluding hydrogens is 272 g/mol. The number of nitrogens with zero attached hydrogens (tertiary/aromatic N) is 2. The molecule has 1 fully saturated rings. The second-order valence-electron chi connectivity index (χ2n) is 4.50. The van der Waals surface area contributed by atoms with Gasteiger partial charge in [0.2, 0.25) is 0 Å². The fourth-order valence-electron chi connectivity index (χ4n) is 1.98. The maximum Gasteiger partial charge on any atom is 0.255 e. The summed E-state index contributed by atoms with van der Waals surface area (Å²) in [5.41, 5.74) is 1.31. The molecule has 0 aliphatic carbocycles. The lowest BCUT2D eigenvalue weighted by Gasteiger charge is -2.19. The van der Waals surface area contributed by atoms with Gasteiger partial charge in [0.05, 0.1) is 12.2 Å². The molecule has 1 saturated heterocycles. The molecule has 4 nitrogen and oxygen atoms in total. The lowest BCUT2D eigenvalue weighted by Crippen LogP contribution is -2.33. The van der Waals surface area contributed by atoms with E-state index in [4.69, 9.17) is 5.11 Å². The number of amides is 1. The van der Waals surface area contributed by atoms with E-state index in [1.165, 1.54) is 0 Å². The molecule has 0 aromatic carbocycles. The van der Waals surface area contributed by atoms with Crippen molar-refractivity contribution in [3.05, 3.63) is 29.6 Å². The number of carbonyl (C=O) groups is 1. The third-order valence-electron chi connectivity index (χ3n) is 2.96. The van der Waals surface area contributed by atoms with Gasteiger partial charge in [-0.1, -0.05) is 11.8 Å². The number of aliphatic hydroxyl groups excluding tert-OH is 1. The fourth-order valence-corrected chi connectivity index (χ4v) is 2.86. The van der Waals surface area contributed by atoms with Gasteiger partial charge in [0.15, 0.2) is 0 Å². The molecule has 0 bridgehead atoms. The largest absolute Gasteiger partial charge is 0.395 e. The zero-order valence-electron chi connectivity index (χ0n) is 11.3. The molecule has 1 aromatic rings. The van der Waals surface area contributed by atoms with Gasteiger partial charge in [-0.2, -0.15) is 11.8 Å². The molecule has 2 rings (SSSR count). The van der Waals surface area contributed by atoms with E-state index >= 15 is 0 Å². The van der Waals surface area contributed by atoms with Crippen LogP contribution in [0, 0.1) is 11.8 Å². The van der Waals surface area contributed by atoms with Crippen LogP contribution < -0.4 is 0 Å². The van der Waals surface area contributed by atoms with Gasteiger partial charge in [-0.15, -0.1) is 0 Å². The molecule has 1 N–H and O–H groups in total. The molecule has 20 heavy (non-hydrogen) atoms. The van der Waals surface area contributed by atoms with Crippen molar-refractivity contribution < 1.29 is 9.90 Å². The Hall–Kier alpha value is -1.51. The van der Waals surface area contributed by atoms with Crippen LogP contribution in [-0.2, 0) is 0 Å². The summed E-state index contributed by atoms with van der Waals surface area (Å²) in [7, 11) is 0.